The van der Waals surface area contributed by atoms with E-state index in [2.05, 4.69) is 22.3 Å². The van der Waals surface area contributed by atoms with Gasteiger partial charge in [0.15, 0.2) is 0 Å². The van der Waals surface area contributed by atoms with Gasteiger partial charge in [-0.15, -0.1) is 0 Å². The van der Waals surface area contributed by atoms with Crippen molar-refractivity contribution >= 4 is 17.3 Å². The van der Waals surface area contributed by atoms with Gasteiger partial charge in [-0.3, -0.25) is 14.9 Å². The van der Waals surface area contributed by atoms with E-state index in [4.69, 9.17) is 0 Å². The first-order chi connectivity index (χ1) is 12.0. The molecule has 0 bridgehead atoms. The van der Waals surface area contributed by atoms with Crippen LogP contribution in [-0.2, 0) is 6.54 Å². The number of rotatable bonds is 5. The first-order valence-electron chi connectivity index (χ1n) is 8.42. The molecule has 3 rings (SSSR count). The molecule has 0 aliphatic carbocycles. The molecule has 1 aliphatic heterocycles. The molecule has 130 valence electrons. The molecule has 0 aromatic heterocycles. The van der Waals surface area contributed by atoms with Gasteiger partial charge in [0.05, 0.1) is 4.92 Å². The second-order valence-electron chi connectivity index (χ2n) is 6.30. The van der Waals surface area contributed by atoms with Crippen LogP contribution in [-0.4, -0.2) is 23.9 Å². The zero-order chi connectivity index (χ0) is 17.8. The molecule has 1 N–H and O–H groups in total. The van der Waals surface area contributed by atoms with Crippen molar-refractivity contribution in [3.63, 3.8) is 0 Å². The zero-order valence-electron chi connectivity index (χ0n) is 14.2. The van der Waals surface area contributed by atoms with E-state index in [-0.39, 0.29) is 11.6 Å². The molecule has 0 radical (unpaired) electrons. The fraction of sp³-hybridized carbons (Fsp3) is 0.316. The van der Waals surface area contributed by atoms with Crippen molar-refractivity contribution in [3.05, 3.63) is 69.3 Å². The van der Waals surface area contributed by atoms with Crippen LogP contribution >= 0.6 is 0 Å². The van der Waals surface area contributed by atoms with Gasteiger partial charge in [-0.2, -0.15) is 0 Å². The van der Waals surface area contributed by atoms with Crippen LogP contribution in [0.3, 0.4) is 0 Å². The minimum atomic E-state index is -0.445. The summed E-state index contributed by atoms with van der Waals surface area (Å²) in [6, 6.07) is 12.6. The topological polar surface area (TPSA) is 75.5 Å². The van der Waals surface area contributed by atoms with Crippen molar-refractivity contribution in [2.24, 2.45) is 0 Å². The van der Waals surface area contributed by atoms with Gasteiger partial charge >= 0.3 is 0 Å². The Kier molecular flexibility index (Phi) is 4.97. The molecular weight excluding hydrogens is 318 g/mol. The molecule has 6 nitrogen and oxygen atoms in total. The van der Waals surface area contributed by atoms with Gasteiger partial charge in [0, 0.05) is 42.5 Å². The van der Waals surface area contributed by atoms with E-state index in [1.165, 1.54) is 30.7 Å². The number of amides is 1. The van der Waals surface area contributed by atoms with Crippen molar-refractivity contribution in [2.75, 3.05) is 18.0 Å². The maximum absolute atomic E-state index is 12.2. The number of nitro benzene ring substituents is 1. The van der Waals surface area contributed by atoms with Crippen LogP contribution in [0.4, 0.5) is 11.4 Å². The maximum atomic E-state index is 12.2. The lowest BCUT2D eigenvalue weighted by molar-refractivity contribution is -0.385. The van der Waals surface area contributed by atoms with Crippen molar-refractivity contribution in [3.8, 4) is 0 Å². The van der Waals surface area contributed by atoms with Crippen LogP contribution in [0.2, 0.25) is 0 Å². The van der Waals surface area contributed by atoms with Crippen molar-refractivity contribution in [1.82, 2.24) is 5.32 Å². The Labute approximate surface area is 146 Å². The summed E-state index contributed by atoms with van der Waals surface area (Å²) in [6.07, 6.45) is 2.49. The third-order valence-electron chi connectivity index (χ3n) is 4.52. The molecule has 0 atom stereocenters. The lowest BCUT2D eigenvalue weighted by atomic mass is 10.1. The highest BCUT2D eigenvalue weighted by Gasteiger charge is 2.14. The summed E-state index contributed by atoms with van der Waals surface area (Å²) in [5.41, 5.74) is 3.17. The quantitative estimate of drug-likeness (QED) is 0.669. The Bertz CT molecular complexity index is 781. The standard InChI is InChI=1S/C19H21N3O3/c1-14-12-16(6-9-18(14)22(24)25)19(23)20-13-15-4-7-17(8-5-15)21-10-2-3-11-21/h4-9,12H,2-3,10-11,13H2,1H3,(H,20,23). The highest BCUT2D eigenvalue weighted by molar-refractivity contribution is 5.94. The largest absolute Gasteiger partial charge is 0.372 e. The number of aryl methyl sites for hydroxylation is 1. The normalized spacial score (nSPS) is 13.7. The highest BCUT2D eigenvalue weighted by Crippen LogP contribution is 2.21. The van der Waals surface area contributed by atoms with Crippen LogP contribution in [0, 0.1) is 17.0 Å². The first-order valence-corrected chi connectivity index (χ1v) is 8.42. The molecule has 0 unspecified atom stereocenters. The van der Waals surface area contributed by atoms with Gasteiger partial charge in [0.25, 0.3) is 11.6 Å². The minimum Gasteiger partial charge on any atom is -0.372 e. The Morgan fingerprint density at radius 2 is 1.84 bits per heavy atom. The van der Waals surface area contributed by atoms with Crippen LogP contribution < -0.4 is 10.2 Å². The summed E-state index contributed by atoms with van der Waals surface area (Å²) in [4.78, 5) is 25.0. The molecule has 0 saturated carbocycles. The average Bonchev–Trinajstić information content (AvgIpc) is 3.14. The summed E-state index contributed by atoms with van der Waals surface area (Å²) >= 11 is 0. The summed E-state index contributed by atoms with van der Waals surface area (Å²) in [6.45, 7) is 4.27. The number of carbonyl (C=O) groups excluding carboxylic acids is 1. The summed E-state index contributed by atoms with van der Waals surface area (Å²) in [5.74, 6) is -0.235. The lowest BCUT2D eigenvalue weighted by Crippen LogP contribution is -2.23. The van der Waals surface area contributed by atoms with Crippen LogP contribution in [0.15, 0.2) is 42.5 Å². The molecule has 2 aromatic carbocycles. The van der Waals surface area contributed by atoms with E-state index in [1.807, 2.05) is 12.1 Å². The fourth-order valence-electron chi connectivity index (χ4n) is 3.09. The number of nitrogens with one attached hydrogen (secondary N) is 1. The summed E-state index contributed by atoms with van der Waals surface area (Å²) < 4.78 is 0. The number of benzene rings is 2. The second kappa shape index (κ2) is 7.34. The Morgan fingerprint density at radius 1 is 1.16 bits per heavy atom. The number of carbonyl (C=O) groups is 1. The first kappa shape index (κ1) is 17.0. The van der Waals surface area contributed by atoms with Crippen molar-refractivity contribution in [1.29, 1.82) is 0 Å². The average molecular weight is 339 g/mol. The Balaban J connectivity index is 1.60. The SMILES string of the molecule is Cc1cc(C(=O)NCc2ccc(N3CCCC3)cc2)ccc1[N+](=O)[O-]. The molecule has 6 heteroatoms. The molecular formula is C19H21N3O3. The zero-order valence-corrected chi connectivity index (χ0v) is 14.2. The number of nitrogens with zero attached hydrogens (tertiary/aromatic N) is 2. The minimum absolute atomic E-state index is 0.0223. The van der Waals surface area contributed by atoms with Gasteiger partial charge in [-0.25, -0.2) is 0 Å². The monoisotopic (exact) mass is 339 g/mol. The lowest BCUT2D eigenvalue weighted by Gasteiger charge is -2.17. The summed E-state index contributed by atoms with van der Waals surface area (Å²) in [5, 5.41) is 13.7. The molecule has 0 spiro atoms. The van der Waals surface area contributed by atoms with E-state index in [1.54, 1.807) is 13.0 Å². The van der Waals surface area contributed by atoms with E-state index in [0.29, 0.717) is 17.7 Å². The van der Waals surface area contributed by atoms with Crippen molar-refractivity contribution < 1.29 is 9.72 Å². The number of anilines is 1. The molecule has 2 aromatic rings. The van der Waals surface area contributed by atoms with Gasteiger partial charge in [-0.05, 0) is 49.6 Å². The molecule has 1 fully saturated rings. The highest BCUT2D eigenvalue weighted by atomic mass is 16.6. The molecule has 1 aliphatic rings. The van der Waals surface area contributed by atoms with E-state index >= 15 is 0 Å². The van der Waals surface area contributed by atoms with Gasteiger partial charge in [-0.1, -0.05) is 12.1 Å². The van der Waals surface area contributed by atoms with E-state index in [9.17, 15) is 14.9 Å². The third kappa shape index (κ3) is 3.96. The van der Waals surface area contributed by atoms with Gasteiger partial charge in [0.2, 0.25) is 0 Å². The number of nitro groups is 1. The Morgan fingerprint density at radius 3 is 2.44 bits per heavy atom. The van der Waals surface area contributed by atoms with Gasteiger partial charge < -0.3 is 10.2 Å². The van der Waals surface area contributed by atoms with Crippen molar-refractivity contribution in [2.45, 2.75) is 26.3 Å². The summed E-state index contributed by atoms with van der Waals surface area (Å²) in [7, 11) is 0. The fourth-order valence-corrected chi connectivity index (χ4v) is 3.09. The smallest absolute Gasteiger partial charge is 0.272 e. The molecule has 1 heterocycles. The van der Waals surface area contributed by atoms with Crippen LogP contribution in [0.25, 0.3) is 0 Å². The number of hydrogen-bond donors (Lipinski definition) is 1. The van der Waals surface area contributed by atoms with Crippen LogP contribution in [0.5, 0.6) is 0 Å². The molecule has 25 heavy (non-hydrogen) atoms. The predicted molar refractivity (Wildman–Crippen MR) is 96.9 cm³/mol. The van der Waals surface area contributed by atoms with E-state index in [0.717, 1.165) is 18.7 Å². The van der Waals surface area contributed by atoms with Gasteiger partial charge in [0.1, 0.15) is 0 Å². The second-order valence-corrected chi connectivity index (χ2v) is 6.30. The third-order valence-corrected chi connectivity index (χ3v) is 4.52. The predicted octanol–water partition coefficient (Wildman–Crippen LogP) is 3.43. The molecule has 1 amide bonds. The molecule has 1 saturated heterocycles. The Hall–Kier alpha value is -2.89. The maximum Gasteiger partial charge on any atom is 0.272 e. The van der Waals surface area contributed by atoms with Crippen LogP contribution in [0.1, 0.15) is 34.3 Å². The van der Waals surface area contributed by atoms with E-state index < -0.39 is 4.92 Å². The number of hydrogen-bond acceptors (Lipinski definition) is 4.